The first-order valence-corrected chi connectivity index (χ1v) is 16.0. The standard InChI is InChI=1S/C34H26O23/c35-12-1-8(2-13(36)21(12)41)28(45)55-27-24(44)32(56-29(46)9-3-14(37)22(42)15(38)4-9)53-17-7-52-30(47)11-6-18(40)34(51)33(49,50)20(11)19-10(31(48)54-25(17)27)5-16(39)23(43)26(19)57-34/h1-6,17,20,24-25,27,32,35-39,41-44,49-51H,7H2/t17-,20+,24-,25-,27-,32-,34+/m1/s1. The Morgan fingerprint density at radius 1 is 0.719 bits per heavy atom. The number of ether oxygens (including phenoxy) is 6. The smallest absolute Gasteiger partial charge is 0.340 e. The molecule has 12 N–H and O–H groups in total. The molecule has 0 radical (unpaired) electrons. The van der Waals surface area contributed by atoms with Crippen LogP contribution in [0.1, 0.15) is 42.6 Å². The summed E-state index contributed by atoms with van der Waals surface area (Å²) in [7, 11) is 0. The molecular formula is C34H26O23. The zero-order chi connectivity index (χ0) is 41.6. The first-order valence-electron chi connectivity index (χ1n) is 16.0. The summed E-state index contributed by atoms with van der Waals surface area (Å²) in [5.74, 6) is -27.5. The van der Waals surface area contributed by atoms with Crippen molar-refractivity contribution in [2.45, 2.75) is 48.2 Å². The fourth-order valence-electron chi connectivity index (χ4n) is 6.57. The minimum Gasteiger partial charge on any atom is -0.504 e. The quantitative estimate of drug-likeness (QED) is 0.0584. The highest BCUT2D eigenvalue weighted by Gasteiger charge is 2.70. The van der Waals surface area contributed by atoms with Gasteiger partial charge < -0.3 is 89.7 Å². The number of benzene rings is 3. The van der Waals surface area contributed by atoms with Gasteiger partial charge in [0.15, 0.2) is 64.3 Å². The van der Waals surface area contributed by atoms with Gasteiger partial charge in [0.2, 0.25) is 17.8 Å². The van der Waals surface area contributed by atoms with Gasteiger partial charge >= 0.3 is 29.7 Å². The molecule has 1 saturated heterocycles. The number of aliphatic hydroxyl groups excluding tert-OH is 1. The van der Waals surface area contributed by atoms with Gasteiger partial charge in [-0.25, -0.2) is 19.2 Å². The van der Waals surface area contributed by atoms with E-state index in [1.54, 1.807) is 0 Å². The molecule has 23 heteroatoms. The molecule has 1 aliphatic carbocycles. The molecule has 7 atom stereocenters. The van der Waals surface area contributed by atoms with E-state index >= 15 is 0 Å². The predicted molar refractivity (Wildman–Crippen MR) is 171 cm³/mol. The van der Waals surface area contributed by atoms with Crippen molar-refractivity contribution in [3.05, 3.63) is 64.2 Å². The van der Waals surface area contributed by atoms with E-state index in [1.807, 2.05) is 0 Å². The lowest BCUT2D eigenvalue weighted by Gasteiger charge is -2.49. The first-order chi connectivity index (χ1) is 26.7. The van der Waals surface area contributed by atoms with Gasteiger partial charge in [-0.2, -0.15) is 0 Å². The Hall–Kier alpha value is -7.05. The Morgan fingerprint density at radius 3 is 1.81 bits per heavy atom. The molecule has 2 bridgehead atoms. The largest absolute Gasteiger partial charge is 0.504 e. The van der Waals surface area contributed by atoms with E-state index in [9.17, 15) is 85.3 Å². The summed E-state index contributed by atoms with van der Waals surface area (Å²) in [6, 6.07) is 2.95. The molecule has 0 aromatic heterocycles. The van der Waals surface area contributed by atoms with E-state index < -0.39 is 164 Å². The zero-order valence-corrected chi connectivity index (χ0v) is 28.0. The number of hydrogen-bond donors (Lipinski definition) is 12. The fourth-order valence-corrected chi connectivity index (χ4v) is 6.57. The van der Waals surface area contributed by atoms with E-state index in [2.05, 4.69) is 0 Å². The molecule has 0 spiro atoms. The van der Waals surface area contributed by atoms with E-state index in [0.29, 0.717) is 36.4 Å². The van der Waals surface area contributed by atoms with Gasteiger partial charge in [0.05, 0.1) is 28.2 Å². The summed E-state index contributed by atoms with van der Waals surface area (Å²) >= 11 is 0. The second-order valence-electron chi connectivity index (χ2n) is 12.9. The molecule has 57 heavy (non-hydrogen) atoms. The van der Waals surface area contributed by atoms with Crippen molar-refractivity contribution < 1.29 is 114 Å². The number of aromatic hydroxyl groups is 8. The van der Waals surface area contributed by atoms with Crippen LogP contribution in [0.2, 0.25) is 0 Å². The SMILES string of the molecule is O=C1OC[C@H]2O[C@H](OC(=O)c3cc(O)c(O)c(O)c3)[C@H](O)[C@@H](OC(=O)c3cc(O)c(O)c(O)c3)[C@@H]2OC(=O)c2cc(O)c(O)c3c2[C@@H]2C1=CC(=O)[C@](O)(O3)C2(O)O. The number of carbonyl (C=O) groups excluding carboxylic acids is 5. The van der Waals surface area contributed by atoms with Crippen LogP contribution in [-0.4, -0.2) is 140 Å². The number of phenols is 8. The van der Waals surface area contributed by atoms with E-state index in [4.69, 9.17) is 28.4 Å². The lowest BCUT2D eigenvalue weighted by Crippen LogP contribution is -2.70. The van der Waals surface area contributed by atoms with Crippen molar-refractivity contribution in [3.8, 4) is 51.7 Å². The molecule has 1 fully saturated rings. The molecule has 300 valence electrons. The van der Waals surface area contributed by atoms with Gasteiger partial charge in [0.25, 0.3) is 5.79 Å². The van der Waals surface area contributed by atoms with Crippen LogP contribution in [0.4, 0.5) is 0 Å². The Balaban J connectivity index is 1.35. The number of rotatable bonds is 4. The zero-order valence-electron chi connectivity index (χ0n) is 28.0. The minimum atomic E-state index is -3.80. The van der Waals surface area contributed by atoms with Gasteiger partial charge in [0.1, 0.15) is 12.7 Å². The maximum absolute atomic E-state index is 14.1. The summed E-state index contributed by atoms with van der Waals surface area (Å²) in [6.45, 7) is -1.16. The van der Waals surface area contributed by atoms with E-state index in [-0.39, 0.29) is 0 Å². The van der Waals surface area contributed by atoms with Crippen LogP contribution in [-0.2, 0) is 33.3 Å². The van der Waals surface area contributed by atoms with Crippen molar-refractivity contribution in [1.29, 1.82) is 0 Å². The molecule has 7 rings (SSSR count). The van der Waals surface area contributed by atoms with Crippen molar-refractivity contribution in [1.82, 2.24) is 0 Å². The third-order valence-corrected chi connectivity index (χ3v) is 9.41. The fraction of sp³-hybridized carbons (Fsp3) is 0.265. The lowest BCUT2D eigenvalue weighted by atomic mass is 9.70. The van der Waals surface area contributed by atoms with E-state index in [0.717, 1.165) is 0 Å². The third-order valence-electron chi connectivity index (χ3n) is 9.41. The monoisotopic (exact) mass is 802 g/mol. The van der Waals surface area contributed by atoms with Crippen LogP contribution in [0, 0.1) is 0 Å². The van der Waals surface area contributed by atoms with Crippen molar-refractivity contribution in [3.63, 3.8) is 0 Å². The first kappa shape index (κ1) is 38.2. The Morgan fingerprint density at radius 2 is 1.25 bits per heavy atom. The Labute approximate surface area is 314 Å². The molecule has 3 aromatic rings. The third kappa shape index (κ3) is 5.84. The maximum atomic E-state index is 14.1. The number of fused-ring (bicyclic) bond motifs is 2. The van der Waals surface area contributed by atoms with Crippen molar-refractivity contribution in [2.24, 2.45) is 0 Å². The highest BCUT2D eigenvalue weighted by Crippen LogP contribution is 2.58. The van der Waals surface area contributed by atoms with Crippen LogP contribution in [0.5, 0.6) is 51.7 Å². The number of aliphatic hydroxyl groups is 4. The van der Waals surface area contributed by atoms with Gasteiger partial charge in [-0.1, -0.05) is 0 Å². The topological polar surface area (TPSA) is 383 Å². The molecule has 0 saturated carbocycles. The minimum absolute atomic E-state index is 0.376. The summed E-state index contributed by atoms with van der Waals surface area (Å²) in [5, 5.41) is 125. The van der Waals surface area contributed by atoms with Gasteiger partial charge in [-0.3, -0.25) is 4.79 Å². The molecule has 0 amide bonds. The van der Waals surface area contributed by atoms with Crippen molar-refractivity contribution in [2.75, 3.05) is 6.61 Å². The summed E-state index contributed by atoms with van der Waals surface area (Å²) < 4.78 is 32.1. The lowest BCUT2D eigenvalue weighted by molar-refractivity contribution is -0.339. The Bertz CT molecular complexity index is 2280. The highest BCUT2D eigenvalue weighted by atomic mass is 16.7. The van der Waals surface area contributed by atoms with E-state index in [1.165, 1.54) is 0 Å². The molecule has 23 nitrogen and oxygen atoms in total. The average molecular weight is 803 g/mol. The van der Waals surface area contributed by atoms with Crippen LogP contribution in [0.15, 0.2) is 42.0 Å². The van der Waals surface area contributed by atoms with Crippen LogP contribution in [0.3, 0.4) is 0 Å². The van der Waals surface area contributed by atoms with Crippen LogP contribution >= 0.6 is 0 Å². The van der Waals surface area contributed by atoms with Gasteiger partial charge in [-0.05, 0) is 36.4 Å². The van der Waals surface area contributed by atoms with Gasteiger partial charge in [0, 0.05) is 5.56 Å². The maximum Gasteiger partial charge on any atom is 0.340 e. The van der Waals surface area contributed by atoms with Gasteiger partial charge in [-0.15, -0.1) is 0 Å². The summed E-state index contributed by atoms with van der Waals surface area (Å²) in [6.07, 6.45) is -10.9. The highest BCUT2D eigenvalue weighted by molar-refractivity contribution is 6.08. The second-order valence-corrected chi connectivity index (χ2v) is 12.9. The molecule has 0 unspecified atom stereocenters. The van der Waals surface area contributed by atoms with Crippen molar-refractivity contribution >= 4 is 29.7 Å². The molecule has 3 aliphatic heterocycles. The molecule has 3 heterocycles. The number of hydrogen-bond acceptors (Lipinski definition) is 23. The number of esters is 4. The molecule has 4 aliphatic rings. The van der Waals surface area contributed by atoms with Crippen LogP contribution in [0.25, 0.3) is 0 Å². The number of cyclic esters (lactones) is 1. The average Bonchev–Trinajstić information content (AvgIpc) is 3.15. The van der Waals surface area contributed by atoms with Crippen LogP contribution < -0.4 is 4.74 Å². The summed E-state index contributed by atoms with van der Waals surface area (Å²) in [4.78, 5) is 67.3. The second kappa shape index (κ2) is 13.0. The summed E-state index contributed by atoms with van der Waals surface area (Å²) in [5.41, 5.74) is -4.17. The molecular weight excluding hydrogens is 776 g/mol. The normalized spacial score (nSPS) is 27.3. The Kier molecular flexibility index (Phi) is 8.74. The number of phenolic OH excluding ortho intramolecular Hbond substituents is 8. The number of ketones is 1. The molecule has 3 aromatic carbocycles. The predicted octanol–water partition coefficient (Wildman–Crippen LogP) is -2.06. The number of carbonyl (C=O) groups is 5.